The Balaban J connectivity index is 1.64. The third-order valence-electron chi connectivity index (χ3n) is 5.40. The first-order chi connectivity index (χ1) is 10.5. The molecule has 1 aliphatic heterocycles. The van der Waals surface area contributed by atoms with E-state index in [0.717, 1.165) is 11.7 Å². The Hall–Kier alpha value is -0.910. The Morgan fingerprint density at radius 1 is 1.23 bits per heavy atom. The molecule has 22 heavy (non-hydrogen) atoms. The SMILES string of the molecule is CCOC(=O)C1(CSC2(C3CC3)CC2)CCN(C(=O)O)CC1. The van der Waals surface area contributed by atoms with Gasteiger partial charge in [-0.1, -0.05) is 0 Å². The third kappa shape index (κ3) is 3.07. The second-order valence-corrected chi connectivity index (χ2v) is 8.29. The molecule has 1 saturated heterocycles. The van der Waals surface area contributed by atoms with E-state index in [1.165, 1.54) is 30.6 Å². The highest BCUT2D eigenvalue weighted by molar-refractivity contribution is 8.01. The fourth-order valence-electron chi connectivity index (χ4n) is 3.50. The number of carbonyl (C=O) groups excluding carboxylic acids is 1. The van der Waals surface area contributed by atoms with Gasteiger partial charge < -0.3 is 14.7 Å². The molecule has 1 heterocycles. The number of likely N-dealkylation sites (tertiary alicyclic amines) is 1. The largest absolute Gasteiger partial charge is 0.466 e. The number of amides is 1. The molecule has 0 aromatic carbocycles. The molecule has 0 aromatic heterocycles. The van der Waals surface area contributed by atoms with Crippen molar-refractivity contribution in [1.29, 1.82) is 0 Å². The Morgan fingerprint density at radius 3 is 2.32 bits per heavy atom. The van der Waals surface area contributed by atoms with Crippen LogP contribution in [-0.2, 0) is 9.53 Å². The van der Waals surface area contributed by atoms with Crippen molar-refractivity contribution in [3.63, 3.8) is 0 Å². The minimum atomic E-state index is -0.887. The van der Waals surface area contributed by atoms with Crippen LogP contribution in [0.1, 0.15) is 45.4 Å². The van der Waals surface area contributed by atoms with E-state index in [1.54, 1.807) is 0 Å². The van der Waals surface area contributed by atoms with Crippen molar-refractivity contribution in [3.05, 3.63) is 0 Å². The molecule has 1 amide bonds. The molecule has 0 radical (unpaired) electrons. The lowest BCUT2D eigenvalue weighted by atomic mass is 9.80. The molecular formula is C16H25NO4S. The number of carbonyl (C=O) groups is 2. The second-order valence-electron chi connectivity index (χ2n) is 6.90. The molecule has 0 atom stereocenters. The minimum Gasteiger partial charge on any atom is -0.466 e. The van der Waals surface area contributed by atoms with Crippen molar-refractivity contribution in [3.8, 4) is 0 Å². The maximum atomic E-state index is 12.5. The first-order valence-corrected chi connectivity index (χ1v) is 9.29. The van der Waals surface area contributed by atoms with E-state index in [1.807, 2.05) is 18.7 Å². The summed E-state index contributed by atoms with van der Waals surface area (Å²) in [5.74, 6) is 1.52. The summed E-state index contributed by atoms with van der Waals surface area (Å²) in [6.07, 6.45) is 5.53. The van der Waals surface area contributed by atoms with E-state index in [9.17, 15) is 9.59 Å². The first kappa shape index (κ1) is 16.0. The summed E-state index contributed by atoms with van der Waals surface area (Å²) in [7, 11) is 0. The van der Waals surface area contributed by atoms with Gasteiger partial charge in [0.15, 0.2) is 0 Å². The van der Waals surface area contributed by atoms with E-state index < -0.39 is 11.5 Å². The fourth-order valence-corrected chi connectivity index (χ4v) is 5.33. The quantitative estimate of drug-likeness (QED) is 0.760. The van der Waals surface area contributed by atoms with Crippen molar-refractivity contribution in [2.45, 2.75) is 50.2 Å². The average molecular weight is 327 g/mol. The van der Waals surface area contributed by atoms with Crippen molar-refractivity contribution in [1.82, 2.24) is 4.90 Å². The van der Waals surface area contributed by atoms with Gasteiger partial charge in [-0.05, 0) is 51.4 Å². The second kappa shape index (κ2) is 5.95. The van der Waals surface area contributed by atoms with Crippen LogP contribution in [0.3, 0.4) is 0 Å². The van der Waals surface area contributed by atoms with Gasteiger partial charge in [0.1, 0.15) is 0 Å². The van der Waals surface area contributed by atoms with E-state index in [4.69, 9.17) is 9.84 Å². The molecule has 2 saturated carbocycles. The fraction of sp³-hybridized carbons (Fsp3) is 0.875. The van der Waals surface area contributed by atoms with Crippen LogP contribution in [0.25, 0.3) is 0 Å². The molecule has 3 rings (SSSR count). The van der Waals surface area contributed by atoms with Crippen molar-refractivity contribution in [2.24, 2.45) is 11.3 Å². The van der Waals surface area contributed by atoms with E-state index in [-0.39, 0.29) is 5.97 Å². The summed E-state index contributed by atoms with van der Waals surface area (Å²) in [5, 5.41) is 9.11. The molecule has 1 N–H and O–H groups in total. The molecule has 2 aliphatic carbocycles. The summed E-state index contributed by atoms with van der Waals surface area (Å²) < 4.78 is 5.76. The molecule has 3 aliphatic rings. The number of ether oxygens (including phenoxy) is 1. The smallest absolute Gasteiger partial charge is 0.407 e. The zero-order valence-corrected chi connectivity index (χ0v) is 14.0. The molecule has 5 nitrogen and oxygen atoms in total. The monoisotopic (exact) mass is 327 g/mol. The summed E-state index contributed by atoms with van der Waals surface area (Å²) in [6.45, 7) is 3.09. The van der Waals surface area contributed by atoms with Gasteiger partial charge in [-0.3, -0.25) is 4.79 Å². The van der Waals surface area contributed by atoms with E-state index >= 15 is 0 Å². The molecule has 6 heteroatoms. The van der Waals surface area contributed by atoms with Gasteiger partial charge in [-0.2, -0.15) is 11.8 Å². The maximum absolute atomic E-state index is 12.5. The van der Waals surface area contributed by atoms with Gasteiger partial charge in [-0.25, -0.2) is 4.79 Å². The van der Waals surface area contributed by atoms with Crippen LogP contribution in [-0.4, -0.2) is 52.3 Å². The normalized spacial score (nSPS) is 25.6. The van der Waals surface area contributed by atoms with Crippen molar-refractivity contribution < 1.29 is 19.4 Å². The predicted octanol–water partition coefficient (Wildman–Crippen LogP) is 2.99. The lowest BCUT2D eigenvalue weighted by molar-refractivity contribution is -0.156. The Kier molecular flexibility index (Phi) is 4.32. The van der Waals surface area contributed by atoms with Crippen LogP contribution in [0.5, 0.6) is 0 Å². The maximum Gasteiger partial charge on any atom is 0.407 e. The topological polar surface area (TPSA) is 66.8 Å². The summed E-state index contributed by atoms with van der Waals surface area (Å²) in [6, 6.07) is 0. The molecule has 0 bridgehead atoms. The van der Waals surface area contributed by atoms with Crippen molar-refractivity contribution >= 4 is 23.8 Å². The van der Waals surface area contributed by atoms with E-state index in [0.29, 0.717) is 37.3 Å². The van der Waals surface area contributed by atoms with Gasteiger partial charge in [0.2, 0.25) is 0 Å². The highest BCUT2D eigenvalue weighted by Crippen LogP contribution is 2.63. The van der Waals surface area contributed by atoms with Crippen LogP contribution < -0.4 is 0 Å². The standard InChI is InChI=1S/C16H25NO4S/c1-2-21-13(18)15(7-9-17(10-8-15)14(19)20)11-22-16(5-6-16)12-3-4-12/h12H,2-11H2,1H3,(H,19,20). The molecular weight excluding hydrogens is 302 g/mol. The number of piperidine rings is 1. The molecule has 124 valence electrons. The Labute approximate surface area is 135 Å². The number of rotatable bonds is 6. The average Bonchev–Trinajstić information content (AvgIpc) is 3.38. The number of carboxylic acid groups (broad SMARTS) is 1. The van der Waals surface area contributed by atoms with Gasteiger partial charge in [0.25, 0.3) is 0 Å². The summed E-state index contributed by atoms with van der Waals surface area (Å²) in [4.78, 5) is 25.0. The van der Waals surface area contributed by atoms with Gasteiger partial charge in [0, 0.05) is 23.6 Å². The number of thioether (sulfide) groups is 1. The van der Waals surface area contributed by atoms with Gasteiger partial charge >= 0.3 is 12.1 Å². The number of hydrogen-bond donors (Lipinski definition) is 1. The van der Waals surface area contributed by atoms with E-state index in [2.05, 4.69) is 0 Å². The Morgan fingerprint density at radius 2 is 1.86 bits per heavy atom. The number of nitrogens with zero attached hydrogens (tertiary/aromatic N) is 1. The molecule has 0 unspecified atom stereocenters. The number of esters is 1. The highest BCUT2D eigenvalue weighted by Gasteiger charge is 2.56. The minimum absolute atomic E-state index is 0.126. The first-order valence-electron chi connectivity index (χ1n) is 8.30. The molecule has 3 fully saturated rings. The van der Waals surface area contributed by atoms with Gasteiger partial charge in [0.05, 0.1) is 12.0 Å². The predicted molar refractivity (Wildman–Crippen MR) is 85.0 cm³/mol. The van der Waals surface area contributed by atoms with Crippen molar-refractivity contribution in [2.75, 3.05) is 25.4 Å². The highest BCUT2D eigenvalue weighted by atomic mass is 32.2. The van der Waals surface area contributed by atoms with Crippen LogP contribution >= 0.6 is 11.8 Å². The lowest BCUT2D eigenvalue weighted by Gasteiger charge is -2.39. The molecule has 0 aromatic rings. The summed E-state index contributed by atoms with van der Waals surface area (Å²) >= 11 is 1.96. The van der Waals surface area contributed by atoms with Crippen LogP contribution in [0.15, 0.2) is 0 Å². The van der Waals surface area contributed by atoms with Crippen LogP contribution in [0.2, 0.25) is 0 Å². The zero-order valence-electron chi connectivity index (χ0n) is 13.2. The van der Waals surface area contributed by atoms with Crippen LogP contribution in [0.4, 0.5) is 4.79 Å². The molecule has 0 spiro atoms. The van der Waals surface area contributed by atoms with Gasteiger partial charge in [-0.15, -0.1) is 0 Å². The number of hydrogen-bond acceptors (Lipinski definition) is 4. The third-order valence-corrected chi connectivity index (χ3v) is 7.41. The lowest BCUT2D eigenvalue weighted by Crippen LogP contribution is -2.48. The van der Waals surface area contributed by atoms with Crippen LogP contribution in [0, 0.1) is 11.3 Å². The Bertz CT molecular complexity index is 451. The zero-order chi connectivity index (χ0) is 15.8. The summed E-state index contributed by atoms with van der Waals surface area (Å²) in [5.41, 5.74) is -0.489.